The molecule has 1 heterocycles. The number of carbonyl (C=O) groups excluding carboxylic acids is 1. The van der Waals surface area contributed by atoms with Crippen LogP contribution in [-0.2, 0) is 7.05 Å². The SMILES string of the molecule is C1CC1.CC.CC.Cn1cc(C(=O)Nc2ccccc2C2CC2)c(C(F)F)n1. The average molecular weight is 394 g/mol. The lowest BCUT2D eigenvalue weighted by Gasteiger charge is -2.10. The van der Waals surface area contributed by atoms with Gasteiger partial charge in [0, 0.05) is 18.9 Å². The first-order valence-corrected chi connectivity index (χ1v) is 10.3. The van der Waals surface area contributed by atoms with E-state index in [1.165, 1.54) is 37.2 Å². The highest BCUT2D eigenvalue weighted by molar-refractivity contribution is 6.05. The summed E-state index contributed by atoms with van der Waals surface area (Å²) in [5.41, 5.74) is 1.18. The summed E-state index contributed by atoms with van der Waals surface area (Å²) in [5, 5.41) is 6.38. The van der Waals surface area contributed by atoms with E-state index in [2.05, 4.69) is 10.4 Å². The summed E-state index contributed by atoms with van der Waals surface area (Å²) in [6.45, 7) is 8.00. The van der Waals surface area contributed by atoms with Crippen molar-refractivity contribution in [3.63, 3.8) is 0 Å². The van der Waals surface area contributed by atoms with Gasteiger partial charge in [0.1, 0.15) is 5.69 Å². The number of rotatable bonds is 4. The Labute approximate surface area is 167 Å². The van der Waals surface area contributed by atoms with E-state index in [1.807, 2.05) is 45.9 Å². The fourth-order valence-corrected chi connectivity index (χ4v) is 2.39. The van der Waals surface area contributed by atoms with Gasteiger partial charge in [-0.15, -0.1) is 0 Å². The number of nitrogens with one attached hydrogen (secondary N) is 1. The molecule has 2 aliphatic rings. The highest BCUT2D eigenvalue weighted by Gasteiger charge is 2.27. The van der Waals surface area contributed by atoms with Crippen molar-refractivity contribution in [1.29, 1.82) is 0 Å². The van der Waals surface area contributed by atoms with Gasteiger partial charge in [-0.05, 0) is 30.4 Å². The van der Waals surface area contributed by atoms with E-state index in [0.717, 1.165) is 18.4 Å². The summed E-state index contributed by atoms with van der Waals surface area (Å²) in [6.07, 6.45) is 5.24. The molecule has 28 heavy (non-hydrogen) atoms. The molecule has 0 spiro atoms. The van der Waals surface area contributed by atoms with Crippen molar-refractivity contribution < 1.29 is 13.6 Å². The number of hydrogen-bond acceptors (Lipinski definition) is 2. The summed E-state index contributed by atoms with van der Waals surface area (Å²) < 4.78 is 27.0. The molecular weight excluding hydrogens is 360 g/mol. The van der Waals surface area contributed by atoms with Crippen LogP contribution in [-0.4, -0.2) is 15.7 Å². The Balaban J connectivity index is 0.000000488. The second-order valence-corrected chi connectivity index (χ2v) is 6.28. The first-order chi connectivity index (χ1) is 13.6. The maximum Gasteiger partial charge on any atom is 0.282 e. The van der Waals surface area contributed by atoms with Gasteiger partial charge < -0.3 is 5.32 Å². The fraction of sp³-hybridized carbons (Fsp3) is 0.545. The van der Waals surface area contributed by atoms with E-state index in [4.69, 9.17) is 0 Å². The standard InChI is InChI=1S/C15H15F2N3O.C3H6.2C2H6/c1-20-8-11(13(19-20)14(16)17)15(21)18-12-5-3-2-4-10(12)9-6-7-9;1-2-3-1;2*1-2/h2-5,8-9,14H,6-7H2,1H3,(H,18,21);1-3H2;2*1-2H3. The number of nitrogens with zero attached hydrogens (tertiary/aromatic N) is 2. The van der Waals surface area contributed by atoms with E-state index >= 15 is 0 Å². The maximum absolute atomic E-state index is 12.9. The van der Waals surface area contributed by atoms with Gasteiger partial charge in [0.05, 0.1) is 5.56 Å². The number of alkyl halides is 2. The van der Waals surface area contributed by atoms with Crippen molar-refractivity contribution in [1.82, 2.24) is 9.78 Å². The number of halogens is 2. The highest BCUT2D eigenvalue weighted by atomic mass is 19.3. The summed E-state index contributed by atoms with van der Waals surface area (Å²) in [6, 6.07) is 7.49. The Morgan fingerprint density at radius 2 is 1.68 bits per heavy atom. The smallest absolute Gasteiger partial charge is 0.282 e. The van der Waals surface area contributed by atoms with Crippen LogP contribution < -0.4 is 5.32 Å². The minimum atomic E-state index is -2.77. The average Bonchev–Trinajstić information content (AvgIpc) is 3.62. The number of anilines is 1. The molecule has 2 aliphatic carbocycles. The van der Waals surface area contributed by atoms with Crippen molar-refractivity contribution in [3.05, 3.63) is 47.3 Å². The van der Waals surface area contributed by atoms with Crippen molar-refractivity contribution >= 4 is 11.6 Å². The van der Waals surface area contributed by atoms with Gasteiger partial charge in [0.15, 0.2) is 0 Å². The van der Waals surface area contributed by atoms with E-state index in [-0.39, 0.29) is 5.56 Å². The number of carbonyl (C=O) groups is 1. The third kappa shape index (κ3) is 7.41. The molecule has 0 aliphatic heterocycles. The molecule has 1 N–H and O–H groups in total. The number of amides is 1. The number of aryl methyl sites for hydroxylation is 1. The van der Waals surface area contributed by atoms with E-state index in [1.54, 1.807) is 6.07 Å². The molecule has 4 rings (SSSR count). The fourth-order valence-electron chi connectivity index (χ4n) is 2.39. The van der Waals surface area contributed by atoms with Crippen LogP contribution in [0.5, 0.6) is 0 Å². The molecule has 1 aromatic heterocycles. The van der Waals surface area contributed by atoms with E-state index in [0.29, 0.717) is 11.6 Å². The lowest BCUT2D eigenvalue weighted by atomic mass is 10.1. The predicted octanol–water partition coefficient (Wildman–Crippen LogP) is 6.71. The van der Waals surface area contributed by atoms with Gasteiger partial charge in [-0.3, -0.25) is 9.48 Å². The molecule has 0 bridgehead atoms. The van der Waals surface area contributed by atoms with Crippen LogP contribution in [0.25, 0.3) is 0 Å². The summed E-state index contributed by atoms with van der Waals surface area (Å²) in [4.78, 5) is 12.3. The van der Waals surface area contributed by atoms with Crippen LogP contribution in [0.1, 0.15) is 93.8 Å². The maximum atomic E-state index is 12.9. The zero-order chi connectivity index (χ0) is 21.1. The zero-order valence-corrected chi connectivity index (χ0v) is 17.6. The highest BCUT2D eigenvalue weighted by Crippen LogP contribution is 2.43. The Kier molecular flexibility index (Phi) is 10.4. The van der Waals surface area contributed by atoms with Gasteiger partial charge in [-0.25, -0.2) is 8.78 Å². The second-order valence-electron chi connectivity index (χ2n) is 6.28. The van der Waals surface area contributed by atoms with Crippen molar-refractivity contribution in [2.75, 3.05) is 5.32 Å². The normalized spacial score (nSPS) is 13.9. The molecule has 1 aromatic carbocycles. The number of para-hydroxylation sites is 1. The molecule has 2 aromatic rings. The molecule has 0 saturated heterocycles. The van der Waals surface area contributed by atoms with Gasteiger partial charge >= 0.3 is 0 Å². The Morgan fingerprint density at radius 3 is 2.18 bits per heavy atom. The van der Waals surface area contributed by atoms with Gasteiger partial charge in [-0.1, -0.05) is 65.2 Å². The third-order valence-corrected chi connectivity index (χ3v) is 3.89. The monoisotopic (exact) mass is 393 g/mol. The topological polar surface area (TPSA) is 46.9 Å². The molecule has 1 amide bonds. The van der Waals surface area contributed by atoms with Crippen LogP contribution in [0.3, 0.4) is 0 Å². The van der Waals surface area contributed by atoms with Crippen molar-refractivity contribution in [3.8, 4) is 0 Å². The molecule has 0 radical (unpaired) electrons. The first-order valence-electron chi connectivity index (χ1n) is 10.3. The van der Waals surface area contributed by atoms with Crippen LogP contribution in [0.15, 0.2) is 30.5 Å². The largest absolute Gasteiger partial charge is 0.322 e. The van der Waals surface area contributed by atoms with Gasteiger partial charge in [-0.2, -0.15) is 5.10 Å². The molecule has 6 heteroatoms. The first kappa shape index (κ1) is 23.8. The van der Waals surface area contributed by atoms with Crippen molar-refractivity contribution in [2.45, 2.75) is 72.1 Å². The Morgan fingerprint density at radius 1 is 1.11 bits per heavy atom. The third-order valence-electron chi connectivity index (χ3n) is 3.89. The molecular formula is C22H33F2N3O. The molecule has 156 valence electrons. The van der Waals surface area contributed by atoms with Crippen molar-refractivity contribution in [2.24, 2.45) is 7.05 Å². The van der Waals surface area contributed by atoms with Gasteiger partial charge in [0.2, 0.25) is 0 Å². The lowest BCUT2D eigenvalue weighted by molar-refractivity contribution is 0.101. The Bertz CT molecular complexity index is 720. The van der Waals surface area contributed by atoms with E-state index < -0.39 is 18.0 Å². The molecule has 2 fully saturated rings. The summed E-state index contributed by atoms with van der Waals surface area (Å²) >= 11 is 0. The van der Waals surface area contributed by atoms with Crippen LogP contribution in [0.4, 0.5) is 14.5 Å². The van der Waals surface area contributed by atoms with E-state index in [9.17, 15) is 13.6 Å². The van der Waals surface area contributed by atoms with Crippen LogP contribution in [0.2, 0.25) is 0 Å². The second kappa shape index (κ2) is 12.3. The number of benzene rings is 1. The summed E-state index contributed by atoms with van der Waals surface area (Å²) in [5.74, 6) is -0.0866. The minimum absolute atomic E-state index is 0.0851. The van der Waals surface area contributed by atoms with Crippen LogP contribution >= 0.6 is 0 Å². The molecule has 0 unspecified atom stereocenters. The predicted molar refractivity (Wildman–Crippen MR) is 111 cm³/mol. The lowest BCUT2D eigenvalue weighted by Crippen LogP contribution is -2.14. The summed E-state index contributed by atoms with van der Waals surface area (Å²) in [7, 11) is 1.51. The van der Waals surface area contributed by atoms with Crippen LogP contribution in [0, 0.1) is 0 Å². The number of hydrogen-bond donors (Lipinski definition) is 1. The zero-order valence-electron chi connectivity index (χ0n) is 17.6. The minimum Gasteiger partial charge on any atom is -0.322 e. The van der Waals surface area contributed by atoms with Gasteiger partial charge in [0.25, 0.3) is 12.3 Å². The quantitative estimate of drug-likeness (QED) is 0.627. The molecule has 0 atom stereocenters. The number of aromatic nitrogens is 2. The molecule has 2 saturated carbocycles. The Hall–Kier alpha value is -2.24. The molecule has 4 nitrogen and oxygen atoms in total.